The summed E-state index contributed by atoms with van der Waals surface area (Å²) in [5.41, 5.74) is 0.0829. The second-order valence-corrected chi connectivity index (χ2v) is 9.86. The summed E-state index contributed by atoms with van der Waals surface area (Å²) in [7, 11) is 0. The second-order valence-electron chi connectivity index (χ2n) is 9.86. The third-order valence-corrected chi connectivity index (χ3v) is 6.82. The number of amides is 1. The van der Waals surface area contributed by atoms with Crippen LogP contribution in [0, 0.1) is 13.8 Å². The summed E-state index contributed by atoms with van der Waals surface area (Å²) in [6, 6.07) is 22.3. The quantitative estimate of drug-likeness (QED) is 0.197. The van der Waals surface area contributed by atoms with Gasteiger partial charge in [0, 0.05) is 28.3 Å². The molecule has 4 aromatic carbocycles. The zero-order chi connectivity index (χ0) is 30.1. The topological polar surface area (TPSA) is 51.2 Å². The minimum Gasteiger partial charge on any atom is -0.456 e. The van der Waals surface area contributed by atoms with Crippen molar-refractivity contribution in [1.29, 1.82) is 0 Å². The number of para-hydroxylation sites is 3. The van der Waals surface area contributed by atoms with Crippen molar-refractivity contribution in [1.82, 2.24) is 10.3 Å². The van der Waals surface area contributed by atoms with Gasteiger partial charge in [0.2, 0.25) is 0 Å². The van der Waals surface area contributed by atoms with Crippen LogP contribution in [0.4, 0.5) is 22.0 Å². The number of hydrogen-bond acceptors (Lipinski definition) is 3. The van der Waals surface area contributed by atoms with Crippen molar-refractivity contribution in [3.63, 3.8) is 0 Å². The summed E-state index contributed by atoms with van der Waals surface area (Å²) in [6.07, 6.45) is -3.53. The van der Waals surface area contributed by atoms with Crippen LogP contribution in [0.25, 0.3) is 22.0 Å². The average Bonchev–Trinajstić information content (AvgIpc) is 2.95. The van der Waals surface area contributed by atoms with E-state index >= 15 is 8.78 Å². The lowest BCUT2D eigenvalue weighted by atomic mass is 9.94. The highest BCUT2D eigenvalue weighted by atomic mass is 19.4. The first-order chi connectivity index (χ1) is 20.0. The molecule has 1 heterocycles. The van der Waals surface area contributed by atoms with E-state index in [9.17, 15) is 18.0 Å². The molecule has 0 atom stereocenters. The monoisotopic (exact) mass is 576 g/mol. The summed E-state index contributed by atoms with van der Waals surface area (Å²) < 4.78 is 78.8. The van der Waals surface area contributed by atoms with Gasteiger partial charge in [-0.05, 0) is 43.7 Å². The number of rotatable bonds is 7. The third kappa shape index (κ3) is 5.81. The molecule has 5 rings (SSSR count). The second kappa shape index (κ2) is 11.2. The van der Waals surface area contributed by atoms with Gasteiger partial charge in [-0.25, -0.2) is 0 Å². The molecule has 0 aliphatic carbocycles. The SMILES string of the molecule is Cc1ccc(C(F)(F)CNC(=O)c2c(-c3cccc(C(F)(F)F)c3Oc3ccccc3)cnc3ccccc23)c(C)c1. The summed E-state index contributed by atoms with van der Waals surface area (Å²) in [5.74, 6) is -4.70. The molecule has 0 spiro atoms. The van der Waals surface area contributed by atoms with Crippen LogP contribution in [0.3, 0.4) is 0 Å². The number of alkyl halides is 5. The van der Waals surface area contributed by atoms with E-state index in [1.165, 1.54) is 36.5 Å². The van der Waals surface area contributed by atoms with E-state index in [1.807, 2.05) is 0 Å². The summed E-state index contributed by atoms with van der Waals surface area (Å²) in [5, 5.41) is 2.60. The Balaban J connectivity index is 1.63. The van der Waals surface area contributed by atoms with Crippen molar-refractivity contribution >= 4 is 16.8 Å². The molecule has 4 nitrogen and oxygen atoms in total. The maximum absolute atomic E-state index is 15.3. The van der Waals surface area contributed by atoms with Gasteiger partial charge in [-0.2, -0.15) is 22.0 Å². The van der Waals surface area contributed by atoms with Crippen molar-refractivity contribution in [3.05, 3.63) is 125 Å². The van der Waals surface area contributed by atoms with Crippen molar-refractivity contribution in [2.24, 2.45) is 0 Å². The molecule has 5 aromatic rings. The first-order valence-corrected chi connectivity index (χ1v) is 13.0. The highest BCUT2D eigenvalue weighted by Crippen LogP contribution is 2.45. The van der Waals surface area contributed by atoms with Crippen molar-refractivity contribution in [2.45, 2.75) is 25.9 Å². The first-order valence-electron chi connectivity index (χ1n) is 13.0. The van der Waals surface area contributed by atoms with Crippen molar-refractivity contribution in [2.75, 3.05) is 6.54 Å². The molecule has 0 aliphatic rings. The average molecular weight is 577 g/mol. The lowest BCUT2D eigenvalue weighted by Gasteiger charge is -2.22. The lowest BCUT2D eigenvalue weighted by molar-refractivity contribution is -0.138. The molecule has 0 radical (unpaired) electrons. The number of hydrogen-bond donors (Lipinski definition) is 1. The number of halogens is 5. The fraction of sp³-hybridized carbons (Fsp3) is 0.152. The van der Waals surface area contributed by atoms with Gasteiger partial charge in [-0.1, -0.05) is 72.3 Å². The van der Waals surface area contributed by atoms with E-state index in [1.54, 1.807) is 68.4 Å². The normalized spacial score (nSPS) is 11.9. The predicted molar refractivity (Wildman–Crippen MR) is 151 cm³/mol. The van der Waals surface area contributed by atoms with E-state index in [4.69, 9.17) is 4.74 Å². The molecule has 1 aromatic heterocycles. The largest absolute Gasteiger partial charge is 0.456 e. The van der Waals surface area contributed by atoms with Gasteiger partial charge in [-0.3, -0.25) is 9.78 Å². The van der Waals surface area contributed by atoms with E-state index in [0.717, 1.165) is 11.6 Å². The van der Waals surface area contributed by atoms with Gasteiger partial charge >= 0.3 is 6.18 Å². The Hall–Kier alpha value is -4.79. The zero-order valence-electron chi connectivity index (χ0n) is 22.6. The van der Waals surface area contributed by atoms with E-state index in [2.05, 4.69) is 10.3 Å². The molecule has 0 fully saturated rings. The number of carbonyl (C=O) groups is 1. The molecule has 0 saturated carbocycles. The molecule has 0 aliphatic heterocycles. The van der Waals surface area contributed by atoms with Crippen molar-refractivity contribution < 1.29 is 31.5 Å². The summed E-state index contributed by atoms with van der Waals surface area (Å²) >= 11 is 0. The van der Waals surface area contributed by atoms with Crippen LogP contribution in [0.5, 0.6) is 11.5 Å². The molecule has 0 unspecified atom stereocenters. The number of benzene rings is 4. The van der Waals surface area contributed by atoms with Gasteiger partial charge in [0.15, 0.2) is 0 Å². The maximum Gasteiger partial charge on any atom is 0.420 e. The van der Waals surface area contributed by atoms with Crippen LogP contribution in [0.15, 0.2) is 97.2 Å². The Morgan fingerprint density at radius 3 is 2.24 bits per heavy atom. The Labute approximate surface area is 238 Å². The molecule has 1 N–H and O–H groups in total. The molecule has 1 amide bonds. The highest BCUT2D eigenvalue weighted by molar-refractivity contribution is 6.11. The summed E-state index contributed by atoms with van der Waals surface area (Å²) in [4.78, 5) is 18.0. The molecular weight excluding hydrogens is 551 g/mol. The number of aryl methyl sites for hydroxylation is 2. The van der Waals surface area contributed by atoms with Crippen LogP contribution in [0.1, 0.15) is 32.6 Å². The molecule has 42 heavy (non-hydrogen) atoms. The number of aromatic nitrogens is 1. The van der Waals surface area contributed by atoms with E-state index in [0.29, 0.717) is 11.1 Å². The number of carbonyl (C=O) groups excluding carboxylic acids is 1. The smallest absolute Gasteiger partial charge is 0.420 e. The lowest BCUT2D eigenvalue weighted by Crippen LogP contribution is -2.35. The number of fused-ring (bicyclic) bond motifs is 1. The van der Waals surface area contributed by atoms with Crippen LogP contribution >= 0.6 is 0 Å². The minimum absolute atomic E-state index is 0.00179. The Kier molecular flexibility index (Phi) is 7.69. The number of nitrogens with one attached hydrogen (secondary N) is 1. The number of pyridine rings is 1. The molecule has 0 bridgehead atoms. The molecule has 0 saturated heterocycles. The van der Waals surface area contributed by atoms with Gasteiger partial charge in [0.1, 0.15) is 11.5 Å². The van der Waals surface area contributed by atoms with Crippen LogP contribution in [-0.4, -0.2) is 17.4 Å². The van der Waals surface area contributed by atoms with Gasteiger partial charge in [0.05, 0.1) is 23.2 Å². The van der Waals surface area contributed by atoms with Crippen molar-refractivity contribution in [3.8, 4) is 22.6 Å². The van der Waals surface area contributed by atoms with Crippen LogP contribution < -0.4 is 10.1 Å². The highest BCUT2D eigenvalue weighted by Gasteiger charge is 2.37. The fourth-order valence-electron chi connectivity index (χ4n) is 4.88. The van der Waals surface area contributed by atoms with Gasteiger partial charge in [-0.15, -0.1) is 0 Å². The molecule has 214 valence electrons. The maximum atomic E-state index is 15.3. The van der Waals surface area contributed by atoms with E-state index in [-0.39, 0.29) is 33.4 Å². The number of nitrogens with zero attached hydrogens (tertiary/aromatic N) is 1. The standard InChI is InChI=1S/C33H25F5N2O2/c1-20-15-16-26(21(2)17-20)32(34,35)19-40-31(41)29-24-11-6-7-14-28(24)39-18-25(29)23-12-8-13-27(33(36,37)38)30(23)42-22-9-4-3-5-10-22/h3-18H,19H2,1-2H3,(H,40,41). The van der Waals surface area contributed by atoms with Gasteiger partial charge < -0.3 is 10.1 Å². The van der Waals surface area contributed by atoms with Crippen LogP contribution in [-0.2, 0) is 12.1 Å². The first kappa shape index (κ1) is 28.7. The van der Waals surface area contributed by atoms with E-state index < -0.39 is 35.9 Å². The minimum atomic E-state index is -4.79. The van der Waals surface area contributed by atoms with Gasteiger partial charge in [0.25, 0.3) is 11.8 Å². The summed E-state index contributed by atoms with van der Waals surface area (Å²) in [6.45, 7) is 2.33. The Morgan fingerprint density at radius 2 is 1.52 bits per heavy atom. The predicted octanol–water partition coefficient (Wildman–Crippen LogP) is 8.85. The fourth-order valence-corrected chi connectivity index (χ4v) is 4.88. The van der Waals surface area contributed by atoms with Crippen LogP contribution in [0.2, 0.25) is 0 Å². The molecular formula is C33H25F5N2O2. The zero-order valence-corrected chi connectivity index (χ0v) is 22.6. The Morgan fingerprint density at radius 1 is 0.810 bits per heavy atom. The third-order valence-electron chi connectivity index (χ3n) is 6.82. The number of ether oxygens (including phenoxy) is 1. The Bertz CT molecular complexity index is 1770. The molecule has 9 heteroatoms.